The molecule has 0 aliphatic carbocycles. The van der Waals surface area contributed by atoms with Gasteiger partial charge >= 0.3 is 0 Å². The smallest absolute Gasteiger partial charge is 0.0638 e. The van der Waals surface area contributed by atoms with E-state index in [0.29, 0.717) is 0 Å². The summed E-state index contributed by atoms with van der Waals surface area (Å²) in [6.45, 7) is 4.34. The first-order chi connectivity index (χ1) is 2.81. The molecular formula is C4H8NS. The third kappa shape index (κ3) is 2.15. The second kappa shape index (κ2) is 3.09. The lowest BCUT2D eigenvalue weighted by atomic mass is 10.7. The van der Waals surface area contributed by atoms with E-state index in [-0.39, 0.29) is 0 Å². The predicted octanol–water partition coefficient (Wildman–Crippen LogP) is 0.709. The van der Waals surface area contributed by atoms with Crippen LogP contribution in [0, 0.1) is 6.92 Å². The molecule has 0 aliphatic heterocycles. The Hall–Kier alpha value is -0.110. The molecule has 0 atom stereocenters. The van der Waals surface area contributed by atoms with Crippen molar-refractivity contribution in [2.24, 2.45) is 0 Å². The Labute approximate surface area is 44.0 Å². The molecule has 1 radical (unpaired) electrons. The minimum atomic E-state index is 0.753. The molecule has 0 unspecified atom stereocenters. The molecule has 0 saturated heterocycles. The van der Waals surface area contributed by atoms with Gasteiger partial charge in [0.2, 0.25) is 0 Å². The van der Waals surface area contributed by atoms with Gasteiger partial charge in [0.25, 0.3) is 0 Å². The highest BCUT2D eigenvalue weighted by Crippen LogP contribution is 1.68. The average molecular weight is 102 g/mol. The van der Waals surface area contributed by atoms with Crippen LogP contribution in [0.1, 0.15) is 0 Å². The molecule has 0 N–H and O–H groups in total. The molecule has 0 aromatic heterocycles. The van der Waals surface area contributed by atoms with Crippen molar-refractivity contribution < 1.29 is 0 Å². The van der Waals surface area contributed by atoms with Crippen molar-refractivity contribution in [3.05, 3.63) is 6.92 Å². The predicted molar refractivity (Wildman–Crippen MR) is 31.6 cm³/mol. The van der Waals surface area contributed by atoms with Crippen LogP contribution in [0.25, 0.3) is 0 Å². The summed E-state index contributed by atoms with van der Waals surface area (Å²) in [7, 11) is 1.89. The molecule has 1 nitrogen and oxygen atoms in total. The Balaban J connectivity index is 2.96. The molecule has 0 rings (SSSR count). The molecule has 0 fully saturated rings. The van der Waals surface area contributed by atoms with Gasteiger partial charge in [0.1, 0.15) is 0 Å². The SMILES string of the molecule is [CH2]CN(C)C=S. The fourth-order valence-corrected chi connectivity index (χ4v) is 0.158. The van der Waals surface area contributed by atoms with Gasteiger partial charge in [-0.05, 0) is 6.92 Å². The van der Waals surface area contributed by atoms with E-state index in [9.17, 15) is 0 Å². The van der Waals surface area contributed by atoms with E-state index in [0.717, 1.165) is 6.54 Å². The highest BCUT2D eigenvalue weighted by Gasteiger charge is 1.76. The second-order valence-electron chi connectivity index (χ2n) is 1.09. The number of hydrogen-bond acceptors (Lipinski definition) is 1. The summed E-state index contributed by atoms with van der Waals surface area (Å²) in [5.74, 6) is 0. The molecule has 0 amide bonds. The number of nitrogens with zero attached hydrogens (tertiary/aromatic N) is 1. The maximum absolute atomic E-state index is 4.53. The quantitative estimate of drug-likeness (QED) is 0.472. The van der Waals surface area contributed by atoms with E-state index < -0.39 is 0 Å². The Bertz CT molecular complexity index is 44.8. The summed E-state index contributed by atoms with van der Waals surface area (Å²) in [6.07, 6.45) is 0. The summed E-state index contributed by atoms with van der Waals surface area (Å²) in [5.41, 5.74) is 1.58. The third-order valence-electron chi connectivity index (χ3n) is 0.533. The van der Waals surface area contributed by atoms with Gasteiger partial charge in [-0.25, -0.2) is 0 Å². The number of hydrogen-bond donors (Lipinski definition) is 0. The van der Waals surface area contributed by atoms with Crippen molar-refractivity contribution in [1.29, 1.82) is 0 Å². The standard InChI is InChI=1S/C4H8NS/c1-3-5(2)4-6/h4H,1,3H2,2H3. The van der Waals surface area contributed by atoms with Crippen molar-refractivity contribution >= 4 is 17.7 Å². The minimum absolute atomic E-state index is 0.753. The Morgan fingerprint density at radius 2 is 2.50 bits per heavy atom. The van der Waals surface area contributed by atoms with E-state index in [2.05, 4.69) is 19.1 Å². The van der Waals surface area contributed by atoms with Gasteiger partial charge in [-0.15, -0.1) is 0 Å². The average Bonchev–Trinajstić information content (AvgIpc) is 1.65. The molecule has 0 aromatic rings. The van der Waals surface area contributed by atoms with Crippen LogP contribution < -0.4 is 0 Å². The van der Waals surface area contributed by atoms with Crippen LogP contribution in [0.2, 0.25) is 0 Å². The number of rotatable bonds is 2. The molecule has 0 aliphatic rings. The molecular weight excluding hydrogens is 94.1 g/mol. The molecule has 35 valence electrons. The van der Waals surface area contributed by atoms with Crippen LogP contribution in [0.4, 0.5) is 0 Å². The van der Waals surface area contributed by atoms with Crippen LogP contribution >= 0.6 is 12.2 Å². The van der Waals surface area contributed by atoms with E-state index >= 15 is 0 Å². The molecule has 0 bridgehead atoms. The van der Waals surface area contributed by atoms with Gasteiger partial charge in [0, 0.05) is 13.6 Å². The summed E-state index contributed by atoms with van der Waals surface area (Å²) in [4.78, 5) is 1.83. The summed E-state index contributed by atoms with van der Waals surface area (Å²) in [6, 6.07) is 0. The van der Waals surface area contributed by atoms with Crippen LogP contribution in [0.15, 0.2) is 0 Å². The topological polar surface area (TPSA) is 3.24 Å². The fourth-order valence-electron chi connectivity index (χ4n) is 0.0527. The van der Waals surface area contributed by atoms with Gasteiger partial charge in [0.15, 0.2) is 0 Å². The van der Waals surface area contributed by atoms with Crippen molar-refractivity contribution in [1.82, 2.24) is 4.90 Å². The second-order valence-corrected chi connectivity index (χ2v) is 1.30. The minimum Gasteiger partial charge on any atom is -0.372 e. The zero-order valence-electron chi connectivity index (χ0n) is 3.85. The van der Waals surface area contributed by atoms with Gasteiger partial charge in [-0.2, -0.15) is 0 Å². The number of thiocarbonyl (C=S) groups is 1. The Morgan fingerprint density at radius 1 is 2.00 bits per heavy atom. The van der Waals surface area contributed by atoms with E-state index in [1.165, 1.54) is 0 Å². The lowest BCUT2D eigenvalue weighted by molar-refractivity contribution is 0.589. The largest absolute Gasteiger partial charge is 0.372 e. The normalized spacial score (nSPS) is 7.67. The Morgan fingerprint density at radius 3 is 2.50 bits per heavy atom. The van der Waals surface area contributed by atoms with Crippen LogP contribution in [-0.4, -0.2) is 24.0 Å². The third-order valence-corrected chi connectivity index (χ3v) is 0.893. The van der Waals surface area contributed by atoms with E-state index in [1.807, 2.05) is 11.9 Å². The van der Waals surface area contributed by atoms with Gasteiger partial charge in [-0.3, -0.25) is 0 Å². The maximum atomic E-state index is 4.53. The molecule has 0 spiro atoms. The van der Waals surface area contributed by atoms with Crippen LogP contribution in [0.5, 0.6) is 0 Å². The lowest BCUT2D eigenvalue weighted by Crippen LogP contribution is -2.12. The summed E-state index contributed by atoms with van der Waals surface area (Å²) >= 11 is 4.53. The van der Waals surface area contributed by atoms with E-state index in [4.69, 9.17) is 0 Å². The summed E-state index contributed by atoms with van der Waals surface area (Å²) in [5, 5.41) is 0. The van der Waals surface area contributed by atoms with Crippen molar-refractivity contribution in [3.8, 4) is 0 Å². The van der Waals surface area contributed by atoms with Gasteiger partial charge in [-0.1, -0.05) is 12.2 Å². The van der Waals surface area contributed by atoms with Crippen LogP contribution in [-0.2, 0) is 0 Å². The molecule has 2 heteroatoms. The van der Waals surface area contributed by atoms with E-state index in [1.54, 1.807) is 5.49 Å². The molecule has 6 heavy (non-hydrogen) atoms. The molecule has 0 heterocycles. The highest BCUT2D eigenvalue weighted by atomic mass is 32.1. The van der Waals surface area contributed by atoms with Crippen molar-refractivity contribution in [2.75, 3.05) is 13.6 Å². The molecule has 0 saturated carbocycles. The Kier molecular flexibility index (Phi) is 3.04. The first-order valence-corrected chi connectivity index (χ1v) is 2.23. The summed E-state index contributed by atoms with van der Waals surface area (Å²) < 4.78 is 0. The zero-order chi connectivity index (χ0) is 4.99. The van der Waals surface area contributed by atoms with Gasteiger partial charge < -0.3 is 4.90 Å². The zero-order valence-corrected chi connectivity index (χ0v) is 4.66. The van der Waals surface area contributed by atoms with Crippen molar-refractivity contribution in [2.45, 2.75) is 0 Å². The van der Waals surface area contributed by atoms with Crippen LogP contribution in [0.3, 0.4) is 0 Å². The van der Waals surface area contributed by atoms with Gasteiger partial charge in [0.05, 0.1) is 5.49 Å². The fraction of sp³-hybridized carbons (Fsp3) is 0.500. The van der Waals surface area contributed by atoms with Crippen molar-refractivity contribution in [3.63, 3.8) is 0 Å². The maximum Gasteiger partial charge on any atom is 0.0638 e. The monoisotopic (exact) mass is 102 g/mol. The first-order valence-electron chi connectivity index (χ1n) is 1.76. The first kappa shape index (κ1) is 5.89. The lowest BCUT2D eigenvalue weighted by Gasteiger charge is -2.04. The highest BCUT2D eigenvalue weighted by molar-refractivity contribution is 7.78. The molecule has 0 aromatic carbocycles.